The van der Waals surface area contributed by atoms with Crippen LogP contribution in [-0.4, -0.2) is 17.7 Å². The van der Waals surface area contributed by atoms with Crippen LogP contribution >= 0.6 is 11.6 Å². The van der Waals surface area contributed by atoms with E-state index in [4.69, 9.17) is 11.6 Å². The highest BCUT2D eigenvalue weighted by atomic mass is 35.5. The van der Waals surface area contributed by atoms with Gasteiger partial charge in [-0.3, -0.25) is 25.2 Å². The fourth-order valence-electron chi connectivity index (χ4n) is 2.03. The highest BCUT2D eigenvalue weighted by molar-refractivity contribution is 6.30. The van der Waals surface area contributed by atoms with Crippen LogP contribution in [0.3, 0.4) is 0 Å². The number of benzene rings is 1. The van der Waals surface area contributed by atoms with E-state index in [2.05, 4.69) is 16.2 Å². The highest BCUT2D eigenvalue weighted by Gasteiger charge is 2.35. The van der Waals surface area contributed by atoms with Crippen LogP contribution in [0.2, 0.25) is 5.02 Å². The number of carbonyl (C=O) groups is 3. The van der Waals surface area contributed by atoms with E-state index in [1.807, 2.05) is 0 Å². The van der Waals surface area contributed by atoms with Gasteiger partial charge >= 0.3 is 6.18 Å². The number of alkyl halides is 3. The van der Waals surface area contributed by atoms with Crippen LogP contribution in [0.25, 0.3) is 0 Å². The summed E-state index contributed by atoms with van der Waals surface area (Å²) < 4.78 is 38.7. The summed E-state index contributed by atoms with van der Waals surface area (Å²) >= 11 is 5.54. The second kappa shape index (κ2) is 6.45. The van der Waals surface area contributed by atoms with Crippen LogP contribution < -0.4 is 16.2 Å². The van der Waals surface area contributed by atoms with Crippen LogP contribution in [0, 0.1) is 5.92 Å². The van der Waals surface area contributed by atoms with Crippen molar-refractivity contribution in [2.45, 2.75) is 19.0 Å². The molecule has 3 amide bonds. The Hall–Kier alpha value is -2.29. The van der Waals surface area contributed by atoms with Crippen molar-refractivity contribution in [3.05, 3.63) is 28.8 Å². The Morgan fingerprint density at radius 3 is 2.39 bits per heavy atom. The summed E-state index contributed by atoms with van der Waals surface area (Å²) in [7, 11) is 0. The van der Waals surface area contributed by atoms with Gasteiger partial charge in [-0.2, -0.15) is 13.2 Å². The summed E-state index contributed by atoms with van der Waals surface area (Å²) in [4.78, 5) is 34.3. The maximum atomic E-state index is 12.9. The van der Waals surface area contributed by atoms with E-state index in [-0.39, 0.29) is 17.9 Å². The number of halogens is 4. The maximum absolute atomic E-state index is 12.9. The zero-order valence-corrected chi connectivity index (χ0v) is 12.2. The van der Waals surface area contributed by atoms with E-state index in [1.54, 1.807) is 0 Å². The summed E-state index contributed by atoms with van der Waals surface area (Å²) in [6.07, 6.45) is -5.08. The molecule has 6 nitrogen and oxygen atoms in total. The molecule has 1 saturated heterocycles. The van der Waals surface area contributed by atoms with E-state index in [0.717, 1.165) is 6.07 Å². The molecule has 1 aromatic rings. The van der Waals surface area contributed by atoms with Crippen molar-refractivity contribution in [2.75, 3.05) is 5.32 Å². The number of anilines is 1. The smallest absolute Gasteiger partial charge is 0.326 e. The Morgan fingerprint density at radius 1 is 1.22 bits per heavy atom. The number of hydrazine groups is 1. The summed E-state index contributed by atoms with van der Waals surface area (Å²) in [6.45, 7) is 0. The molecule has 2 rings (SSSR count). The Kier molecular flexibility index (Phi) is 4.79. The predicted octanol–water partition coefficient (Wildman–Crippen LogP) is 1.85. The van der Waals surface area contributed by atoms with Gasteiger partial charge < -0.3 is 5.32 Å². The van der Waals surface area contributed by atoms with Crippen LogP contribution in [0.5, 0.6) is 0 Å². The minimum absolute atomic E-state index is 0.113. The Morgan fingerprint density at radius 2 is 1.83 bits per heavy atom. The summed E-state index contributed by atoms with van der Waals surface area (Å²) in [6, 6.07) is 2.96. The van der Waals surface area contributed by atoms with Crippen molar-refractivity contribution in [3.8, 4) is 0 Å². The molecule has 1 aliphatic heterocycles. The second-order valence-corrected chi connectivity index (χ2v) is 5.24. The van der Waals surface area contributed by atoms with Gasteiger partial charge in [0.2, 0.25) is 5.91 Å². The third kappa shape index (κ3) is 4.13. The largest absolute Gasteiger partial charge is 0.418 e. The van der Waals surface area contributed by atoms with Crippen molar-refractivity contribution in [2.24, 2.45) is 5.92 Å². The molecule has 23 heavy (non-hydrogen) atoms. The molecule has 1 heterocycles. The first-order valence-electron chi connectivity index (χ1n) is 6.45. The standard InChI is InChI=1S/C13H11ClF3N3O3/c14-6-1-3-9(8(5-6)13(15,16)17)18-10(21)4-2-7-11(22)19-20-12(7)23/h1,3,5,7H,2,4H2,(H,18,21)(H,19,22)(H,20,23). The maximum Gasteiger partial charge on any atom is 0.418 e. The van der Waals surface area contributed by atoms with Gasteiger partial charge in [-0.15, -0.1) is 0 Å². The van der Waals surface area contributed by atoms with Crippen LogP contribution in [0.4, 0.5) is 18.9 Å². The van der Waals surface area contributed by atoms with E-state index in [1.165, 1.54) is 6.07 Å². The van der Waals surface area contributed by atoms with E-state index < -0.39 is 41.1 Å². The average Bonchev–Trinajstić information content (AvgIpc) is 2.77. The molecule has 10 heteroatoms. The summed E-state index contributed by atoms with van der Waals surface area (Å²) in [5.74, 6) is -2.94. The van der Waals surface area contributed by atoms with Gasteiger partial charge in [0.15, 0.2) is 0 Å². The van der Waals surface area contributed by atoms with E-state index >= 15 is 0 Å². The number of amides is 3. The third-order valence-corrected chi connectivity index (χ3v) is 3.40. The Bertz CT molecular complexity index is 648. The average molecular weight is 350 g/mol. The first-order valence-corrected chi connectivity index (χ1v) is 6.82. The molecule has 1 aliphatic rings. The van der Waals surface area contributed by atoms with Gasteiger partial charge in [-0.25, -0.2) is 0 Å². The molecule has 124 valence electrons. The Balaban J connectivity index is 2.03. The molecule has 1 fully saturated rings. The minimum atomic E-state index is -4.68. The topological polar surface area (TPSA) is 87.3 Å². The van der Waals surface area contributed by atoms with Gasteiger partial charge in [0, 0.05) is 11.4 Å². The number of rotatable bonds is 4. The lowest BCUT2D eigenvalue weighted by Gasteiger charge is -2.14. The lowest BCUT2D eigenvalue weighted by Crippen LogP contribution is -2.28. The number of nitrogens with one attached hydrogen (secondary N) is 3. The van der Waals surface area contributed by atoms with Crippen molar-refractivity contribution in [3.63, 3.8) is 0 Å². The molecule has 1 aromatic carbocycles. The van der Waals surface area contributed by atoms with Gasteiger partial charge in [-0.05, 0) is 24.6 Å². The summed E-state index contributed by atoms with van der Waals surface area (Å²) in [5, 5.41) is 2.00. The second-order valence-electron chi connectivity index (χ2n) is 4.81. The van der Waals surface area contributed by atoms with Crippen LogP contribution in [-0.2, 0) is 20.6 Å². The molecule has 0 atom stereocenters. The van der Waals surface area contributed by atoms with Gasteiger partial charge in [-0.1, -0.05) is 11.6 Å². The first-order chi connectivity index (χ1) is 10.7. The lowest BCUT2D eigenvalue weighted by atomic mass is 10.0. The van der Waals surface area contributed by atoms with Gasteiger partial charge in [0.1, 0.15) is 5.92 Å². The SMILES string of the molecule is O=C(CCC1C(=O)NNC1=O)Nc1ccc(Cl)cc1C(F)(F)F. The first kappa shape index (κ1) is 17.1. The molecule has 0 aromatic heterocycles. The molecule has 0 spiro atoms. The van der Waals surface area contributed by atoms with Crippen molar-refractivity contribution in [1.29, 1.82) is 0 Å². The number of hydrogen-bond acceptors (Lipinski definition) is 3. The molecular formula is C13H11ClF3N3O3. The normalized spacial score (nSPS) is 15.3. The molecule has 0 bridgehead atoms. The molecule has 0 unspecified atom stereocenters. The van der Waals surface area contributed by atoms with Gasteiger partial charge in [0.25, 0.3) is 11.8 Å². The molecule has 0 aliphatic carbocycles. The fourth-order valence-corrected chi connectivity index (χ4v) is 2.20. The van der Waals surface area contributed by atoms with Crippen molar-refractivity contribution in [1.82, 2.24) is 10.9 Å². The Labute approximate surface area is 133 Å². The molecule has 0 radical (unpaired) electrons. The lowest BCUT2D eigenvalue weighted by molar-refractivity contribution is -0.137. The van der Waals surface area contributed by atoms with Crippen LogP contribution in [0.15, 0.2) is 18.2 Å². The molecular weight excluding hydrogens is 339 g/mol. The zero-order chi connectivity index (χ0) is 17.2. The number of carbonyl (C=O) groups excluding carboxylic acids is 3. The van der Waals surface area contributed by atoms with Crippen molar-refractivity contribution >= 4 is 35.0 Å². The predicted molar refractivity (Wildman–Crippen MR) is 74.1 cm³/mol. The number of hydrogen-bond donors (Lipinski definition) is 3. The van der Waals surface area contributed by atoms with E-state index in [0.29, 0.717) is 6.07 Å². The highest BCUT2D eigenvalue weighted by Crippen LogP contribution is 2.36. The molecule has 3 N–H and O–H groups in total. The van der Waals surface area contributed by atoms with Crippen LogP contribution in [0.1, 0.15) is 18.4 Å². The van der Waals surface area contributed by atoms with Crippen molar-refractivity contribution < 1.29 is 27.6 Å². The van der Waals surface area contributed by atoms with Gasteiger partial charge in [0.05, 0.1) is 11.3 Å². The minimum Gasteiger partial charge on any atom is -0.326 e. The monoisotopic (exact) mass is 349 g/mol. The quantitative estimate of drug-likeness (QED) is 0.725. The third-order valence-electron chi connectivity index (χ3n) is 3.16. The zero-order valence-electron chi connectivity index (χ0n) is 11.5. The fraction of sp³-hybridized carbons (Fsp3) is 0.308. The summed E-state index contributed by atoms with van der Waals surface area (Å²) in [5.41, 5.74) is 2.68. The molecule has 0 saturated carbocycles. The van der Waals surface area contributed by atoms with E-state index in [9.17, 15) is 27.6 Å².